The number of ether oxygens (including phenoxy) is 2. The van der Waals surface area contributed by atoms with Crippen LogP contribution in [0, 0.1) is 17.8 Å². The van der Waals surface area contributed by atoms with Gasteiger partial charge in [0.15, 0.2) is 12.9 Å². The fraction of sp³-hybridized carbons (Fsp3) is 0.227. The van der Waals surface area contributed by atoms with Crippen LogP contribution in [0.4, 0.5) is 20.4 Å². The Hall–Kier alpha value is -3.58. The summed E-state index contributed by atoms with van der Waals surface area (Å²) in [6.45, 7) is 0. The Morgan fingerprint density at radius 2 is 1.97 bits per heavy atom. The second kappa shape index (κ2) is 10.6. The molecule has 3 aromatic rings. The van der Waals surface area contributed by atoms with Crippen LogP contribution >= 0.6 is 0 Å². The van der Waals surface area contributed by atoms with E-state index in [4.69, 9.17) is 9.47 Å². The van der Waals surface area contributed by atoms with Gasteiger partial charge in [0.2, 0.25) is 5.95 Å². The summed E-state index contributed by atoms with van der Waals surface area (Å²) in [5.74, 6) is 0.486. The third kappa shape index (κ3) is 5.76. The maximum atomic E-state index is 14.5. The average Bonchev–Trinajstić information content (AvgIpc) is 2.78. The molecule has 1 atom stereocenters. The van der Waals surface area contributed by atoms with Gasteiger partial charge in [0.1, 0.15) is 23.0 Å². The minimum absolute atomic E-state index is 0.00855. The van der Waals surface area contributed by atoms with Crippen LogP contribution in [-0.2, 0) is 16.4 Å². The van der Waals surface area contributed by atoms with Crippen LogP contribution < -0.4 is 14.8 Å². The molecule has 7 nitrogen and oxygen atoms in total. The fourth-order valence-electron chi connectivity index (χ4n) is 2.92. The van der Waals surface area contributed by atoms with Gasteiger partial charge in [0.05, 0.1) is 26.2 Å². The smallest absolute Gasteiger partial charge is 0.430 e. The molecule has 1 unspecified atom stereocenters. The van der Waals surface area contributed by atoms with Crippen LogP contribution in [0.2, 0.25) is 0 Å². The van der Waals surface area contributed by atoms with Crippen molar-refractivity contribution in [1.29, 1.82) is 0 Å². The molecule has 1 heterocycles. The van der Waals surface area contributed by atoms with Gasteiger partial charge in [0.25, 0.3) is 0 Å². The number of anilines is 2. The summed E-state index contributed by atoms with van der Waals surface area (Å²) in [5, 5.41) is 3.08. The maximum Gasteiger partial charge on any atom is 0.430 e. The molecule has 0 amide bonds. The zero-order chi connectivity index (χ0) is 23.1. The summed E-state index contributed by atoms with van der Waals surface area (Å²) in [6, 6.07) is 9.40. The molecular weight excluding hydrogens is 436 g/mol. The number of nitrogens with one attached hydrogen (secondary N) is 1. The van der Waals surface area contributed by atoms with Crippen molar-refractivity contribution in [3.8, 4) is 28.9 Å². The van der Waals surface area contributed by atoms with Crippen LogP contribution in [0.15, 0.2) is 47.0 Å². The zero-order valence-electron chi connectivity index (χ0n) is 18.0. The van der Waals surface area contributed by atoms with E-state index >= 15 is 0 Å². The highest BCUT2D eigenvalue weighted by molar-refractivity contribution is 7.85. The van der Waals surface area contributed by atoms with E-state index in [9.17, 15) is 8.78 Å². The first-order valence-corrected chi connectivity index (χ1v) is 11.2. The molecule has 1 aromatic heterocycles. The van der Waals surface area contributed by atoms with Crippen LogP contribution in [0.5, 0.6) is 11.5 Å². The quantitative estimate of drug-likeness (QED) is 0.503. The van der Waals surface area contributed by atoms with E-state index in [1.165, 1.54) is 25.3 Å². The van der Waals surface area contributed by atoms with Crippen molar-refractivity contribution in [2.75, 3.05) is 32.8 Å². The molecular formula is C22H22F2N5O2S+. The number of hydrogen-bond acceptors (Lipinski definition) is 6. The normalized spacial score (nSPS) is 11.4. The van der Waals surface area contributed by atoms with Crippen molar-refractivity contribution in [2.45, 2.75) is 5.75 Å². The number of benzene rings is 2. The molecule has 0 spiro atoms. The van der Waals surface area contributed by atoms with Gasteiger partial charge in [-0.25, -0.2) is 23.6 Å². The highest BCUT2D eigenvalue weighted by Crippen LogP contribution is 2.32. The molecule has 0 fully saturated rings. The number of aromatic nitrogens is 2. The predicted molar refractivity (Wildman–Crippen MR) is 123 cm³/mol. The highest BCUT2D eigenvalue weighted by Gasteiger charge is 2.15. The lowest BCUT2D eigenvalue weighted by Gasteiger charge is -2.12. The van der Waals surface area contributed by atoms with E-state index in [1.54, 1.807) is 20.2 Å². The Labute approximate surface area is 187 Å². The third-order valence-corrected chi connectivity index (χ3v) is 5.44. The van der Waals surface area contributed by atoms with Crippen molar-refractivity contribution < 1.29 is 18.3 Å². The summed E-state index contributed by atoms with van der Waals surface area (Å²) in [4.78, 5) is 12.1. The van der Waals surface area contributed by atoms with Gasteiger partial charge in [-0.2, -0.15) is 0 Å². The summed E-state index contributed by atoms with van der Waals surface area (Å²) < 4.78 is 42.8. The topological polar surface area (TPSA) is 73.0 Å². The molecule has 0 saturated heterocycles. The number of hydrogen-bond donors (Lipinski definition) is 1. The third-order valence-electron chi connectivity index (χ3n) is 4.29. The minimum Gasteiger partial charge on any atom is -0.497 e. The lowest BCUT2D eigenvalue weighted by Crippen LogP contribution is -2.03. The van der Waals surface area contributed by atoms with Gasteiger partial charge in [-0.05, 0) is 29.8 Å². The molecule has 3 rings (SSSR count). The lowest BCUT2D eigenvalue weighted by atomic mass is 10.1. The van der Waals surface area contributed by atoms with Gasteiger partial charge in [0, 0.05) is 44.7 Å². The van der Waals surface area contributed by atoms with E-state index in [1.807, 2.05) is 18.4 Å². The number of halogens is 2. The number of methoxy groups -OCH3 is 2. The monoisotopic (exact) mass is 458 g/mol. The number of nitrogens with zero attached hydrogens (tertiary/aromatic N) is 4. The van der Waals surface area contributed by atoms with Gasteiger partial charge in [-0.1, -0.05) is 0 Å². The Morgan fingerprint density at radius 1 is 1.16 bits per heavy atom. The highest BCUT2D eigenvalue weighted by atomic mass is 32.2. The molecule has 0 aliphatic heterocycles. The van der Waals surface area contributed by atoms with E-state index in [0.29, 0.717) is 22.8 Å². The van der Waals surface area contributed by atoms with Crippen LogP contribution in [0.3, 0.4) is 0 Å². The Kier molecular flexibility index (Phi) is 7.68. The average molecular weight is 459 g/mol. The van der Waals surface area contributed by atoms with E-state index < -0.39 is 11.6 Å². The second-order valence-corrected chi connectivity index (χ2v) is 8.26. The van der Waals surface area contributed by atoms with E-state index in [2.05, 4.69) is 30.7 Å². The van der Waals surface area contributed by atoms with Crippen LogP contribution in [0.25, 0.3) is 16.1 Å². The van der Waals surface area contributed by atoms with E-state index in [0.717, 1.165) is 11.8 Å². The first-order chi connectivity index (χ1) is 15.4. The molecule has 32 heavy (non-hydrogen) atoms. The minimum atomic E-state index is -0.655. The molecule has 166 valence electrons. The molecule has 0 saturated carbocycles. The molecule has 1 N–H and O–H groups in total. The second-order valence-electron chi connectivity index (χ2n) is 6.59. The van der Waals surface area contributed by atoms with Crippen molar-refractivity contribution in [2.24, 2.45) is 4.36 Å². The first kappa shape index (κ1) is 23.1. The Morgan fingerprint density at radius 3 is 2.69 bits per heavy atom. The summed E-state index contributed by atoms with van der Waals surface area (Å²) in [6.07, 6.45) is 5.65. The van der Waals surface area contributed by atoms with Crippen molar-refractivity contribution in [3.63, 3.8) is 0 Å². The summed E-state index contributed by atoms with van der Waals surface area (Å²) in [5.41, 5.74) is 1.94. The SMILES string of the molecule is C[N+]#CN=S(C)Cc1cc(Nc2ncc(F)c(-c3ccc(F)cc3OC)n2)cc(OC)c1. The Bertz CT molecular complexity index is 1220. The molecule has 0 aliphatic rings. The predicted octanol–water partition coefficient (Wildman–Crippen LogP) is 5.03. The standard InChI is InChI=1S/C22H22F2N5O2S/c1-25-13-27-32(4)12-14-7-16(10-17(8-14)30-2)28-22-26-11-19(24)21(29-22)18-6-5-15(23)9-20(18)31-3/h5-11H,12H2,1-4H3,(H,26,28,29)/q+1. The molecule has 2 aromatic carbocycles. The van der Waals surface area contributed by atoms with Gasteiger partial charge in [-0.15, -0.1) is 0 Å². The van der Waals surface area contributed by atoms with Crippen molar-refractivity contribution >= 4 is 22.3 Å². The zero-order valence-corrected chi connectivity index (χ0v) is 18.8. The van der Waals surface area contributed by atoms with Crippen molar-refractivity contribution in [1.82, 2.24) is 9.97 Å². The van der Waals surface area contributed by atoms with Gasteiger partial charge < -0.3 is 14.8 Å². The summed E-state index contributed by atoms with van der Waals surface area (Å²) >= 11 is 0. The Balaban J connectivity index is 1.94. The van der Waals surface area contributed by atoms with Crippen LogP contribution in [-0.4, -0.2) is 37.5 Å². The van der Waals surface area contributed by atoms with E-state index in [-0.39, 0.29) is 28.1 Å². The maximum absolute atomic E-state index is 14.5. The lowest BCUT2D eigenvalue weighted by molar-refractivity contribution is 0.412. The fourth-order valence-corrected chi connectivity index (χ4v) is 3.86. The molecule has 0 bridgehead atoms. The molecule has 0 aliphatic carbocycles. The number of rotatable bonds is 7. The first-order valence-electron chi connectivity index (χ1n) is 9.42. The van der Waals surface area contributed by atoms with Crippen molar-refractivity contribution in [3.05, 3.63) is 64.6 Å². The van der Waals surface area contributed by atoms with Crippen LogP contribution in [0.1, 0.15) is 5.56 Å². The summed E-state index contributed by atoms with van der Waals surface area (Å²) in [7, 11) is 4.26. The van der Waals surface area contributed by atoms with Gasteiger partial charge >= 0.3 is 6.19 Å². The molecule has 0 radical (unpaired) electrons. The molecule has 10 heteroatoms. The van der Waals surface area contributed by atoms with Gasteiger partial charge in [-0.3, -0.25) is 0 Å². The largest absolute Gasteiger partial charge is 0.497 e.